The number of anilines is 3. The van der Waals surface area contributed by atoms with E-state index in [1.54, 1.807) is 36.4 Å². The number of halogens is 3. The van der Waals surface area contributed by atoms with E-state index in [2.05, 4.69) is 20.6 Å². The fraction of sp³-hybridized carbons (Fsp3) is 0.345. The number of imide groups is 1. The highest BCUT2D eigenvalue weighted by atomic mass is 19.4. The minimum atomic E-state index is -4.56. The van der Waals surface area contributed by atoms with Crippen molar-refractivity contribution in [2.24, 2.45) is 0 Å². The fourth-order valence-corrected chi connectivity index (χ4v) is 5.49. The van der Waals surface area contributed by atoms with Crippen LogP contribution >= 0.6 is 0 Å². The largest absolute Gasteiger partial charge is 0.492 e. The van der Waals surface area contributed by atoms with Crippen LogP contribution in [-0.2, 0) is 0 Å². The normalized spacial score (nSPS) is 18.7. The molecule has 3 N–H and O–H groups in total. The summed E-state index contributed by atoms with van der Waals surface area (Å²) in [5.41, 5.74) is 1.25. The molecule has 0 spiro atoms. The molecule has 15 heteroatoms. The van der Waals surface area contributed by atoms with E-state index in [1.165, 1.54) is 23.2 Å². The first-order valence-electron chi connectivity index (χ1n) is 13.9. The molecule has 2 bridgehead atoms. The molecule has 3 atom stereocenters. The number of amides is 4. The molecule has 2 aromatic heterocycles. The van der Waals surface area contributed by atoms with Crippen LogP contribution < -0.4 is 25.2 Å². The van der Waals surface area contributed by atoms with Crippen molar-refractivity contribution in [1.82, 2.24) is 20.2 Å². The van der Waals surface area contributed by atoms with Gasteiger partial charge in [-0.05, 0) is 43.7 Å². The average Bonchev–Trinajstić information content (AvgIpc) is 3.52. The highest BCUT2D eigenvalue weighted by molar-refractivity contribution is 6.21. The number of benzene rings is 1. The molecule has 1 unspecified atom stereocenters. The van der Waals surface area contributed by atoms with Crippen LogP contribution in [0.2, 0.25) is 0 Å². The predicted molar refractivity (Wildman–Crippen MR) is 152 cm³/mol. The van der Waals surface area contributed by atoms with E-state index in [0.29, 0.717) is 42.1 Å². The molecule has 44 heavy (non-hydrogen) atoms. The minimum absolute atomic E-state index is 0.0102. The maximum Gasteiger partial charge on any atom is 0.403 e. The van der Waals surface area contributed by atoms with E-state index in [-0.39, 0.29) is 48.3 Å². The number of nitrogens with one attached hydrogen (secondary N) is 2. The van der Waals surface area contributed by atoms with E-state index >= 15 is 0 Å². The zero-order valence-corrected chi connectivity index (χ0v) is 23.4. The Bertz CT molecular complexity index is 1590. The van der Waals surface area contributed by atoms with Gasteiger partial charge in [-0.3, -0.25) is 30.0 Å². The van der Waals surface area contributed by atoms with Gasteiger partial charge in [0.1, 0.15) is 30.4 Å². The molecule has 0 saturated carbocycles. The lowest BCUT2D eigenvalue weighted by molar-refractivity contribution is -0.159. The van der Waals surface area contributed by atoms with Crippen LogP contribution in [0.15, 0.2) is 54.7 Å². The molecule has 0 radical (unpaired) electrons. The topological polar surface area (TPSA) is 140 Å². The molecular formula is C29H28F3N7O5. The molecule has 3 aliphatic rings. The number of aliphatic hydroxyl groups is 1. The molecular weight excluding hydrogens is 583 g/mol. The summed E-state index contributed by atoms with van der Waals surface area (Å²) in [6.07, 6.45) is -4.22. The second-order valence-corrected chi connectivity index (χ2v) is 10.6. The smallest absolute Gasteiger partial charge is 0.403 e. The summed E-state index contributed by atoms with van der Waals surface area (Å²) >= 11 is 0. The Morgan fingerprint density at radius 1 is 1.14 bits per heavy atom. The van der Waals surface area contributed by atoms with Gasteiger partial charge < -0.3 is 14.7 Å². The number of hydrogen-bond acceptors (Lipinski definition) is 9. The summed E-state index contributed by atoms with van der Waals surface area (Å²) in [4.78, 5) is 51.9. The van der Waals surface area contributed by atoms with Crippen molar-refractivity contribution in [3.05, 3.63) is 71.5 Å². The number of rotatable bonds is 8. The van der Waals surface area contributed by atoms with Gasteiger partial charge in [-0.25, -0.2) is 14.8 Å². The number of pyridine rings is 2. The van der Waals surface area contributed by atoms with Crippen LogP contribution in [-0.4, -0.2) is 82.3 Å². The number of urea groups is 1. The summed E-state index contributed by atoms with van der Waals surface area (Å²) in [7, 11) is 0. The first-order chi connectivity index (χ1) is 21.0. The number of aliphatic hydroxyl groups excluding tert-OH is 1. The number of fused-ring (bicyclic) bond motifs is 5. The standard InChI is InChI=1S/C29H28F3N7O5/c1-16(29(30,31)32)34-25(40)21-6-7-22-24(35-21)39(17-9-11-37(22)15-17)28(43)36-23-14-18(8-10-33-23)44-13-12-38-26(41)19-4-2-3-5-20(19)27(38)42/h2-8,10,14,16-17,25,34,40H,9,11-13,15H2,1H3,(H,33,36,43)/t16-,17+,25?/m1/s1. The second kappa shape index (κ2) is 11.4. The Kier molecular flexibility index (Phi) is 7.59. The number of carbonyl (C=O) groups is 3. The number of carbonyl (C=O) groups excluding carboxylic acids is 3. The van der Waals surface area contributed by atoms with Crippen molar-refractivity contribution in [2.75, 3.05) is 41.4 Å². The van der Waals surface area contributed by atoms with Crippen LogP contribution in [0.25, 0.3) is 0 Å². The molecule has 1 aromatic carbocycles. The first kappa shape index (κ1) is 29.3. The van der Waals surface area contributed by atoms with Crippen molar-refractivity contribution in [3.8, 4) is 5.75 Å². The summed E-state index contributed by atoms with van der Waals surface area (Å²) in [5.74, 6) is -0.0701. The molecule has 12 nitrogen and oxygen atoms in total. The maximum absolute atomic E-state index is 13.6. The lowest BCUT2D eigenvalue weighted by Gasteiger charge is -2.36. The third-order valence-corrected chi connectivity index (χ3v) is 7.80. The number of alkyl halides is 3. The van der Waals surface area contributed by atoms with Crippen molar-refractivity contribution in [1.29, 1.82) is 0 Å². The van der Waals surface area contributed by atoms with Crippen molar-refractivity contribution >= 4 is 35.2 Å². The molecule has 4 amide bonds. The molecule has 1 fully saturated rings. The van der Waals surface area contributed by atoms with Crippen LogP contribution in [0.1, 0.15) is 46.0 Å². The highest BCUT2D eigenvalue weighted by Crippen LogP contribution is 2.40. The molecule has 3 aliphatic heterocycles. The van der Waals surface area contributed by atoms with Gasteiger partial charge in [-0.2, -0.15) is 13.2 Å². The summed E-state index contributed by atoms with van der Waals surface area (Å²) < 4.78 is 44.8. The zero-order chi connectivity index (χ0) is 31.2. The van der Waals surface area contributed by atoms with E-state index in [0.717, 1.165) is 11.8 Å². The summed E-state index contributed by atoms with van der Waals surface area (Å²) in [6.45, 7) is 2.12. The predicted octanol–water partition coefficient (Wildman–Crippen LogP) is 3.31. The molecule has 0 aliphatic carbocycles. The molecule has 3 aromatic rings. The second-order valence-electron chi connectivity index (χ2n) is 10.6. The Morgan fingerprint density at radius 3 is 2.57 bits per heavy atom. The summed E-state index contributed by atoms with van der Waals surface area (Å²) in [6, 6.07) is 9.88. The van der Waals surface area contributed by atoms with E-state index in [4.69, 9.17) is 4.74 Å². The van der Waals surface area contributed by atoms with Crippen molar-refractivity contribution in [2.45, 2.75) is 37.8 Å². The molecule has 1 saturated heterocycles. The Labute approximate surface area is 249 Å². The molecule has 6 rings (SSSR count). The highest BCUT2D eigenvalue weighted by Gasteiger charge is 2.42. The van der Waals surface area contributed by atoms with E-state index in [1.807, 2.05) is 4.90 Å². The minimum Gasteiger partial charge on any atom is -0.492 e. The lowest BCUT2D eigenvalue weighted by atomic mass is 10.1. The number of nitrogens with zero attached hydrogens (tertiary/aromatic N) is 5. The fourth-order valence-electron chi connectivity index (χ4n) is 5.49. The van der Waals surface area contributed by atoms with Crippen LogP contribution in [0.4, 0.5) is 35.3 Å². The van der Waals surface area contributed by atoms with Crippen molar-refractivity contribution < 1.29 is 37.4 Å². The SMILES string of the molecule is C[C@@H](NC(O)c1ccc2c(n1)N(C(=O)Nc1cc(OCCN3C(=O)c4ccccc4C3=O)ccn1)[C@H]1CCN2C1)C(F)(F)F. The third-order valence-electron chi connectivity index (χ3n) is 7.80. The van der Waals surface area contributed by atoms with Gasteiger partial charge in [0.2, 0.25) is 0 Å². The van der Waals surface area contributed by atoms with E-state index in [9.17, 15) is 32.7 Å². The van der Waals surface area contributed by atoms with Gasteiger partial charge in [0.15, 0.2) is 5.82 Å². The quantitative estimate of drug-likeness (QED) is 0.259. The Balaban J connectivity index is 1.13. The van der Waals surface area contributed by atoms with Gasteiger partial charge >= 0.3 is 12.2 Å². The van der Waals surface area contributed by atoms with E-state index < -0.39 is 24.5 Å². The van der Waals surface area contributed by atoms with Gasteiger partial charge in [-0.1, -0.05) is 12.1 Å². The zero-order valence-electron chi connectivity index (χ0n) is 23.4. The van der Waals surface area contributed by atoms with Gasteiger partial charge in [0.05, 0.1) is 35.1 Å². The summed E-state index contributed by atoms with van der Waals surface area (Å²) in [5, 5.41) is 15.3. The van der Waals surface area contributed by atoms with Crippen LogP contribution in [0, 0.1) is 0 Å². The van der Waals surface area contributed by atoms with Gasteiger partial charge in [0, 0.05) is 25.4 Å². The first-order valence-corrected chi connectivity index (χ1v) is 13.9. The maximum atomic E-state index is 13.6. The Morgan fingerprint density at radius 2 is 1.86 bits per heavy atom. The number of ether oxygens (including phenoxy) is 1. The monoisotopic (exact) mass is 611 g/mol. The molecule has 5 heterocycles. The molecule has 230 valence electrons. The third kappa shape index (κ3) is 5.51. The Hall–Kier alpha value is -4.76. The average molecular weight is 612 g/mol. The van der Waals surface area contributed by atoms with Crippen LogP contribution in [0.5, 0.6) is 5.75 Å². The van der Waals surface area contributed by atoms with Gasteiger partial charge in [-0.15, -0.1) is 0 Å². The number of hydrogen-bond donors (Lipinski definition) is 3. The van der Waals surface area contributed by atoms with Gasteiger partial charge in [0.25, 0.3) is 11.8 Å². The van der Waals surface area contributed by atoms with Crippen LogP contribution in [0.3, 0.4) is 0 Å². The number of aromatic nitrogens is 2. The van der Waals surface area contributed by atoms with Crippen molar-refractivity contribution in [3.63, 3.8) is 0 Å². The lowest BCUT2D eigenvalue weighted by Crippen LogP contribution is -2.48.